The fourth-order valence-corrected chi connectivity index (χ4v) is 3.99. The van der Waals surface area contributed by atoms with Crippen molar-refractivity contribution in [3.63, 3.8) is 0 Å². The van der Waals surface area contributed by atoms with E-state index < -0.39 is 5.91 Å². The minimum atomic E-state index is -0.423. The zero-order valence-corrected chi connectivity index (χ0v) is 19.3. The van der Waals surface area contributed by atoms with E-state index in [9.17, 15) is 9.18 Å². The summed E-state index contributed by atoms with van der Waals surface area (Å²) in [6.45, 7) is 0.202. The molecule has 0 aliphatic carbocycles. The highest BCUT2D eigenvalue weighted by molar-refractivity contribution is 9.10. The summed E-state index contributed by atoms with van der Waals surface area (Å²) in [4.78, 5) is 22.5. The summed E-state index contributed by atoms with van der Waals surface area (Å²) in [5.41, 5.74) is 10.2. The van der Waals surface area contributed by atoms with Crippen molar-refractivity contribution >= 4 is 56.1 Å². The number of benzene rings is 3. The number of nitrogens with one attached hydrogen (secondary N) is 1. The van der Waals surface area contributed by atoms with Gasteiger partial charge in [0.25, 0.3) is 5.91 Å². The maximum Gasteiger partial charge on any atom is 0.257 e. The highest BCUT2D eigenvalue weighted by Gasteiger charge is 2.24. The molecular formula is C25H18BrFN6O. The molecule has 0 atom stereocenters. The summed E-state index contributed by atoms with van der Waals surface area (Å²) in [7, 11) is 0. The van der Waals surface area contributed by atoms with Crippen molar-refractivity contribution in [2.24, 2.45) is 5.10 Å². The predicted molar refractivity (Wildman–Crippen MR) is 134 cm³/mol. The van der Waals surface area contributed by atoms with Crippen molar-refractivity contribution in [3.05, 3.63) is 99.8 Å². The van der Waals surface area contributed by atoms with Gasteiger partial charge in [0, 0.05) is 11.0 Å². The Balaban J connectivity index is 1.58. The Kier molecular flexibility index (Phi) is 5.77. The van der Waals surface area contributed by atoms with Crippen LogP contribution in [0.15, 0.2) is 82.4 Å². The molecule has 0 aliphatic heterocycles. The van der Waals surface area contributed by atoms with Gasteiger partial charge in [0.1, 0.15) is 22.7 Å². The zero-order valence-electron chi connectivity index (χ0n) is 17.7. The Morgan fingerprint density at radius 2 is 1.79 bits per heavy atom. The molecule has 0 fully saturated rings. The monoisotopic (exact) mass is 516 g/mol. The van der Waals surface area contributed by atoms with Gasteiger partial charge in [0.2, 0.25) is 0 Å². The summed E-state index contributed by atoms with van der Waals surface area (Å²) in [5.74, 6) is -0.645. The number of anilines is 1. The van der Waals surface area contributed by atoms with Gasteiger partial charge < -0.3 is 11.1 Å². The Morgan fingerprint density at radius 3 is 2.53 bits per heavy atom. The predicted octanol–water partition coefficient (Wildman–Crippen LogP) is 4.88. The molecule has 0 aliphatic rings. The molecule has 1 amide bonds. The van der Waals surface area contributed by atoms with Crippen LogP contribution in [-0.4, -0.2) is 26.8 Å². The molecule has 3 aromatic carbocycles. The molecule has 2 aromatic heterocycles. The van der Waals surface area contributed by atoms with Gasteiger partial charge in [0.05, 0.1) is 17.2 Å². The Labute approximate surface area is 202 Å². The highest BCUT2D eigenvalue weighted by atomic mass is 79.9. The number of aromatic nitrogens is 3. The first kappa shape index (κ1) is 21.7. The number of nitrogens with two attached hydrogens (primary N) is 1. The second-order valence-electron chi connectivity index (χ2n) is 7.57. The van der Waals surface area contributed by atoms with E-state index in [1.54, 1.807) is 18.3 Å². The van der Waals surface area contributed by atoms with Gasteiger partial charge in [0.15, 0.2) is 5.65 Å². The molecule has 7 nitrogen and oxygen atoms in total. The maximum atomic E-state index is 13.2. The molecule has 0 bridgehead atoms. The van der Waals surface area contributed by atoms with Crippen LogP contribution < -0.4 is 11.1 Å². The number of hydrogen-bond acceptors (Lipinski definition) is 5. The third-order valence-corrected chi connectivity index (χ3v) is 5.73. The highest BCUT2D eigenvalue weighted by Crippen LogP contribution is 2.28. The van der Waals surface area contributed by atoms with Crippen molar-refractivity contribution < 1.29 is 9.18 Å². The molecule has 9 heteroatoms. The molecule has 3 N–H and O–H groups in total. The van der Waals surface area contributed by atoms with E-state index in [2.05, 4.69) is 36.3 Å². The van der Waals surface area contributed by atoms with Gasteiger partial charge in [-0.05, 0) is 47.5 Å². The zero-order chi connectivity index (χ0) is 23.7. The smallest absolute Gasteiger partial charge is 0.257 e. The Morgan fingerprint density at radius 1 is 1.06 bits per heavy atom. The molecular weight excluding hydrogens is 499 g/mol. The van der Waals surface area contributed by atoms with Crippen LogP contribution in [0.1, 0.15) is 21.5 Å². The molecule has 0 saturated carbocycles. The molecule has 0 radical (unpaired) electrons. The summed E-state index contributed by atoms with van der Waals surface area (Å²) in [6, 6.07) is 20.9. The molecule has 168 valence electrons. The second-order valence-corrected chi connectivity index (χ2v) is 8.48. The number of halogens is 2. The van der Waals surface area contributed by atoms with E-state index in [1.165, 1.54) is 16.8 Å². The van der Waals surface area contributed by atoms with E-state index >= 15 is 0 Å². The minimum absolute atomic E-state index is 0.119. The first-order valence-electron chi connectivity index (χ1n) is 10.4. The number of para-hydroxylation sites is 2. The van der Waals surface area contributed by atoms with Gasteiger partial charge in [-0.2, -0.15) is 9.78 Å². The molecule has 0 saturated heterocycles. The third kappa shape index (κ3) is 4.25. The number of carbonyl (C=O) groups is 1. The number of hydrogen-bond donors (Lipinski definition) is 2. The van der Waals surface area contributed by atoms with Gasteiger partial charge in [-0.15, -0.1) is 0 Å². The Bertz CT molecular complexity index is 1560. The minimum Gasteiger partial charge on any atom is -0.383 e. The molecule has 5 aromatic rings. The summed E-state index contributed by atoms with van der Waals surface area (Å²) in [5, 5.41) is 7.33. The summed E-state index contributed by atoms with van der Waals surface area (Å²) in [6.07, 6.45) is 1.64. The molecule has 5 rings (SSSR count). The molecule has 2 heterocycles. The molecule has 0 unspecified atom stereocenters. The topological polar surface area (TPSA) is 98.2 Å². The van der Waals surface area contributed by atoms with Gasteiger partial charge in [-0.1, -0.05) is 52.3 Å². The van der Waals surface area contributed by atoms with Crippen LogP contribution in [0.25, 0.3) is 22.2 Å². The van der Waals surface area contributed by atoms with E-state index in [1.807, 2.05) is 48.5 Å². The number of fused-ring (bicyclic) bond motifs is 2. The van der Waals surface area contributed by atoms with E-state index in [0.29, 0.717) is 22.2 Å². The van der Waals surface area contributed by atoms with Crippen LogP contribution in [0.3, 0.4) is 0 Å². The first-order chi connectivity index (χ1) is 16.5. The van der Waals surface area contributed by atoms with Gasteiger partial charge in [-0.3, -0.25) is 4.79 Å². The lowest BCUT2D eigenvalue weighted by Gasteiger charge is -2.06. The van der Waals surface area contributed by atoms with E-state index in [4.69, 9.17) is 5.73 Å². The number of rotatable bonds is 5. The molecule has 34 heavy (non-hydrogen) atoms. The number of nitrogen functional groups attached to an aromatic ring is 1. The fourth-order valence-electron chi connectivity index (χ4n) is 3.57. The third-order valence-electron chi connectivity index (χ3n) is 5.24. The maximum absolute atomic E-state index is 13.2. The first-order valence-corrected chi connectivity index (χ1v) is 11.2. The van der Waals surface area contributed by atoms with Crippen LogP contribution >= 0.6 is 15.9 Å². The fraction of sp³-hybridized carbons (Fsp3) is 0.0400. The summed E-state index contributed by atoms with van der Waals surface area (Å²) < 4.78 is 15.5. The van der Waals surface area contributed by atoms with Crippen LogP contribution in [0, 0.1) is 5.82 Å². The van der Waals surface area contributed by atoms with Crippen molar-refractivity contribution in [1.29, 1.82) is 0 Å². The Hall–Kier alpha value is -4.11. The lowest BCUT2D eigenvalue weighted by Crippen LogP contribution is -2.23. The summed E-state index contributed by atoms with van der Waals surface area (Å²) >= 11 is 3.44. The van der Waals surface area contributed by atoms with Crippen LogP contribution in [0.4, 0.5) is 10.2 Å². The van der Waals surface area contributed by atoms with Crippen LogP contribution in [0.5, 0.6) is 0 Å². The van der Waals surface area contributed by atoms with E-state index in [0.717, 1.165) is 15.6 Å². The second kappa shape index (κ2) is 9.03. The standard InChI is InChI=1S/C25H18BrFN6O/c26-17-5-3-4-16(12-17)14-30-33-23(28)21(25(34)29-13-15-8-10-18(27)11-9-15)22-24(33)32-20-7-2-1-6-19(20)31-22/h1-12,14H,13,28H2,(H,29,34). The quantitative estimate of drug-likeness (QED) is 0.325. The van der Waals surface area contributed by atoms with Crippen LogP contribution in [0.2, 0.25) is 0 Å². The normalized spacial score (nSPS) is 11.5. The van der Waals surface area contributed by atoms with Gasteiger partial charge in [-0.25, -0.2) is 14.4 Å². The van der Waals surface area contributed by atoms with Crippen molar-refractivity contribution in [2.45, 2.75) is 6.54 Å². The number of amides is 1. The lowest BCUT2D eigenvalue weighted by atomic mass is 10.2. The number of carbonyl (C=O) groups excluding carboxylic acids is 1. The average molecular weight is 517 g/mol. The lowest BCUT2D eigenvalue weighted by molar-refractivity contribution is 0.0953. The van der Waals surface area contributed by atoms with Crippen LogP contribution in [-0.2, 0) is 6.54 Å². The van der Waals surface area contributed by atoms with Gasteiger partial charge >= 0.3 is 0 Å². The largest absolute Gasteiger partial charge is 0.383 e. The van der Waals surface area contributed by atoms with Crippen molar-refractivity contribution in [2.75, 3.05) is 5.73 Å². The van der Waals surface area contributed by atoms with E-state index in [-0.39, 0.29) is 23.7 Å². The average Bonchev–Trinajstić information content (AvgIpc) is 3.10. The van der Waals surface area contributed by atoms with Crippen molar-refractivity contribution in [1.82, 2.24) is 20.0 Å². The SMILES string of the molecule is Nc1c(C(=O)NCc2ccc(F)cc2)c2nc3ccccc3nc2n1N=Cc1cccc(Br)c1. The number of nitrogens with zero attached hydrogens (tertiary/aromatic N) is 4. The molecule has 0 spiro atoms. The van der Waals surface area contributed by atoms with Crippen molar-refractivity contribution in [3.8, 4) is 0 Å².